The van der Waals surface area contributed by atoms with Crippen molar-refractivity contribution in [3.8, 4) is 0 Å². The molecule has 3 rings (SSSR count). The standard InChI is InChI=1S/C17H30N2O3/c1-13(2)21-11-10-18-8-6-17(7-9-18)12-19(15-4-5-15)16(20)14(3)22-17/h13-15H,4-12H2,1-3H3. The number of rotatable bonds is 5. The van der Waals surface area contributed by atoms with E-state index in [2.05, 4.69) is 23.6 Å². The minimum Gasteiger partial charge on any atom is -0.377 e. The van der Waals surface area contributed by atoms with Gasteiger partial charge in [0.15, 0.2) is 0 Å². The van der Waals surface area contributed by atoms with Gasteiger partial charge in [-0.3, -0.25) is 4.79 Å². The van der Waals surface area contributed by atoms with Gasteiger partial charge in [0, 0.05) is 25.7 Å². The highest BCUT2D eigenvalue weighted by molar-refractivity contribution is 5.82. The maximum Gasteiger partial charge on any atom is 0.251 e. The van der Waals surface area contributed by atoms with E-state index < -0.39 is 0 Å². The van der Waals surface area contributed by atoms with Crippen LogP contribution in [0.4, 0.5) is 0 Å². The lowest BCUT2D eigenvalue weighted by atomic mass is 9.88. The van der Waals surface area contributed by atoms with Crippen LogP contribution < -0.4 is 0 Å². The van der Waals surface area contributed by atoms with Crippen molar-refractivity contribution in [3.05, 3.63) is 0 Å². The summed E-state index contributed by atoms with van der Waals surface area (Å²) in [5.41, 5.74) is -0.106. The molecule has 2 aliphatic heterocycles. The summed E-state index contributed by atoms with van der Waals surface area (Å²) in [7, 11) is 0. The van der Waals surface area contributed by atoms with Crippen LogP contribution >= 0.6 is 0 Å². The van der Waals surface area contributed by atoms with E-state index in [9.17, 15) is 4.79 Å². The highest BCUT2D eigenvalue weighted by Gasteiger charge is 2.48. The predicted octanol–water partition coefficient (Wildman–Crippen LogP) is 1.66. The summed E-state index contributed by atoms with van der Waals surface area (Å²) in [4.78, 5) is 16.8. The van der Waals surface area contributed by atoms with Crippen molar-refractivity contribution in [2.24, 2.45) is 0 Å². The SMILES string of the molecule is CC(C)OCCN1CCC2(CC1)CN(C1CC1)C(=O)C(C)O2. The zero-order valence-corrected chi connectivity index (χ0v) is 14.2. The number of ether oxygens (including phenoxy) is 2. The first kappa shape index (κ1) is 16.2. The fourth-order valence-electron chi connectivity index (χ4n) is 3.66. The number of hydrogen-bond donors (Lipinski definition) is 0. The molecule has 5 nitrogen and oxygen atoms in total. The van der Waals surface area contributed by atoms with Crippen LogP contribution in [-0.4, -0.2) is 72.3 Å². The van der Waals surface area contributed by atoms with Crippen LogP contribution in [-0.2, 0) is 14.3 Å². The van der Waals surface area contributed by atoms with Gasteiger partial charge < -0.3 is 19.3 Å². The van der Waals surface area contributed by atoms with Crippen LogP contribution in [0.3, 0.4) is 0 Å². The highest BCUT2D eigenvalue weighted by Crippen LogP contribution is 2.37. The number of carbonyl (C=O) groups excluding carboxylic acids is 1. The van der Waals surface area contributed by atoms with E-state index in [1.54, 1.807) is 0 Å². The molecule has 0 N–H and O–H groups in total. The topological polar surface area (TPSA) is 42.0 Å². The van der Waals surface area contributed by atoms with Crippen LogP contribution in [0.15, 0.2) is 0 Å². The van der Waals surface area contributed by atoms with E-state index >= 15 is 0 Å². The summed E-state index contributed by atoms with van der Waals surface area (Å²) in [6.07, 6.45) is 4.42. The number of likely N-dealkylation sites (tertiary alicyclic amines) is 1. The van der Waals surface area contributed by atoms with Gasteiger partial charge >= 0.3 is 0 Å². The Morgan fingerprint density at radius 3 is 2.59 bits per heavy atom. The lowest BCUT2D eigenvalue weighted by molar-refractivity contribution is -0.191. The fraction of sp³-hybridized carbons (Fsp3) is 0.941. The Bertz CT molecular complexity index is 401. The quantitative estimate of drug-likeness (QED) is 0.774. The Balaban J connectivity index is 1.51. The molecule has 1 saturated carbocycles. The second-order valence-corrected chi connectivity index (χ2v) is 7.40. The largest absolute Gasteiger partial charge is 0.377 e. The van der Waals surface area contributed by atoms with Crippen LogP contribution in [0, 0.1) is 0 Å². The Morgan fingerprint density at radius 1 is 1.32 bits per heavy atom. The molecule has 1 aliphatic carbocycles. The molecular weight excluding hydrogens is 280 g/mol. The molecule has 22 heavy (non-hydrogen) atoms. The molecule has 2 heterocycles. The zero-order valence-electron chi connectivity index (χ0n) is 14.2. The van der Waals surface area contributed by atoms with Gasteiger partial charge in [0.05, 0.1) is 24.9 Å². The van der Waals surface area contributed by atoms with Gasteiger partial charge in [-0.15, -0.1) is 0 Å². The average molecular weight is 310 g/mol. The number of morpholine rings is 1. The van der Waals surface area contributed by atoms with Crippen molar-refractivity contribution >= 4 is 5.91 Å². The summed E-state index contributed by atoms with van der Waals surface area (Å²) < 4.78 is 11.8. The molecule has 0 aromatic rings. The smallest absolute Gasteiger partial charge is 0.251 e. The second-order valence-electron chi connectivity index (χ2n) is 7.40. The number of nitrogens with zero attached hydrogens (tertiary/aromatic N) is 2. The van der Waals surface area contributed by atoms with Gasteiger partial charge in [0.1, 0.15) is 6.10 Å². The molecule has 5 heteroatoms. The Labute approximate surface area is 133 Å². The van der Waals surface area contributed by atoms with Crippen LogP contribution in [0.25, 0.3) is 0 Å². The molecule has 3 aliphatic rings. The van der Waals surface area contributed by atoms with Gasteiger partial charge in [-0.1, -0.05) is 0 Å². The van der Waals surface area contributed by atoms with Crippen molar-refractivity contribution < 1.29 is 14.3 Å². The molecule has 1 unspecified atom stereocenters. The van der Waals surface area contributed by atoms with Crippen molar-refractivity contribution in [2.45, 2.75) is 70.3 Å². The minimum atomic E-state index is -0.273. The monoisotopic (exact) mass is 310 g/mol. The van der Waals surface area contributed by atoms with E-state index in [-0.39, 0.29) is 17.6 Å². The van der Waals surface area contributed by atoms with E-state index in [0.717, 1.165) is 45.6 Å². The molecule has 0 radical (unpaired) electrons. The van der Waals surface area contributed by atoms with Crippen molar-refractivity contribution in [3.63, 3.8) is 0 Å². The molecule has 3 fully saturated rings. The first-order valence-electron chi connectivity index (χ1n) is 8.81. The molecule has 1 atom stereocenters. The molecule has 2 saturated heterocycles. The number of piperidine rings is 1. The van der Waals surface area contributed by atoms with E-state index in [4.69, 9.17) is 9.47 Å². The number of carbonyl (C=O) groups is 1. The number of hydrogen-bond acceptors (Lipinski definition) is 4. The molecular formula is C17H30N2O3. The van der Waals surface area contributed by atoms with Gasteiger partial charge in [-0.25, -0.2) is 0 Å². The summed E-state index contributed by atoms with van der Waals surface area (Å²) in [5, 5.41) is 0. The summed E-state index contributed by atoms with van der Waals surface area (Å²) in [5.74, 6) is 0.195. The van der Waals surface area contributed by atoms with E-state index in [1.807, 2.05) is 6.92 Å². The Morgan fingerprint density at radius 2 is 2.00 bits per heavy atom. The molecule has 0 bridgehead atoms. The molecule has 126 valence electrons. The van der Waals surface area contributed by atoms with Gasteiger partial charge in [-0.2, -0.15) is 0 Å². The second kappa shape index (κ2) is 6.46. The molecule has 1 spiro atoms. The Kier molecular flexibility index (Phi) is 4.76. The van der Waals surface area contributed by atoms with E-state index in [0.29, 0.717) is 12.1 Å². The average Bonchev–Trinajstić information content (AvgIpc) is 3.30. The third-order valence-electron chi connectivity index (χ3n) is 5.13. The lowest BCUT2D eigenvalue weighted by Gasteiger charge is -2.49. The third kappa shape index (κ3) is 3.63. The number of amides is 1. The van der Waals surface area contributed by atoms with Gasteiger partial charge in [0.2, 0.25) is 0 Å². The van der Waals surface area contributed by atoms with Gasteiger partial charge in [-0.05, 0) is 46.5 Å². The summed E-state index contributed by atoms with van der Waals surface area (Å²) in [6, 6.07) is 0.494. The molecule has 1 amide bonds. The first-order chi connectivity index (χ1) is 10.5. The fourth-order valence-corrected chi connectivity index (χ4v) is 3.66. The van der Waals surface area contributed by atoms with E-state index in [1.165, 1.54) is 12.8 Å². The van der Waals surface area contributed by atoms with Gasteiger partial charge in [0.25, 0.3) is 5.91 Å². The molecule has 0 aromatic heterocycles. The Hall–Kier alpha value is -0.650. The van der Waals surface area contributed by atoms with Crippen LogP contribution in [0.5, 0.6) is 0 Å². The predicted molar refractivity (Wildman–Crippen MR) is 84.8 cm³/mol. The highest BCUT2D eigenvalue weighted by atomic mass is 16.5. The molecule has 0 aromatic carbocycles. The minimum absolute atomic E-state index is 0.106. The third-order valence-corrected chi connectivity index (χ3v) is 5.13. The summed E-state index contributed by atoms with van der Waals surface area (Å²) >= 11 is 0. The zero-order chi connectivity index (χ0) is 15.7. The van der Waals surface area contributed by atoms with Crippen molar-refractivity contribution in [2.75, 3.05) is 32.8 Å². The maximum absolute atomic E-state index is 12.3. The maximum atomic E-state index is 12.3. The normalized spacial score (nSPS) is 29.5. The van der Waals surface area contributed by atoms with Crippen LogP contribution in [0.1, 0.15) is 46.5 Å². The lowest BCUT2D eigenvalue weighted by Crippen LogP contribution is -2.61. The van der Waals surface area contributed by atoms with Crippen LogP contribution in [0.2, 0.25) is 0 Å². The summed E-state index contributed by atoms with van der Waals surface area (Å²) in [6.45, 7) is 10.8. The van der Waals surface area contributed by atoms with Crippen molar-refractivity contribution in [1.29, 1.82) is 0 Å². The van der Waals surface area contributed by atoms with Crippen molar-refractivity contribution in [1.82, 2.24) is 9.80 Å². The first-order valence-corrected chi connectivity index (χ1v) is 8.81.